The van der Waals surface area contributed by atoms with Crippen LogP contribution in [-0.2, 0) is 4.74 Å². The number of carbonyl (C=O) groups is 1. The summed E-state index contributed by atoms with van der Waals surface area (Å²) in [7, 11) is 0. The van der Waals surface area contributed by atoms with Gasteiger partial charge in [0, 0.05) is 12.1 Å². The van der Waals surface area contributed by atoms with Gasteiger partial charge in [-0.05, 0) is 31.9 Å². The topological polar surface area (TPSA) is 70.2 Å². The van der Waals surface area contributed by atoms with Gasteiger partial charge in [0.25, 0.3) is 0 Å². The minimum atomic E-state index is -0.434. The van der Waals surface area contributed by atoms with E-state index >= 15 is 0 Å². The predicted molar refractivity (Wildman–Crippen MR) is 73.7 cm³/mol. The van der Waals surface area contributed by atoms with Gasteiger partial charge in [0.05, 0.1) is 12.8 Å². The molecule has 0 radical (unpaired) electrons. The molecule has 0 aromatic carbocycles. The standard InChI is InChI=1S/C13H16ClN3O3/c1-4-8(3)17-12(10-6-11(14)20-16-10)9(7-15-17)13(18)19-5-2/h6-8H,4-5H2,1-3H3. The Hall–Kier alpha value is -1.82. The van der Waals surface area contributed by atoms with Crippen LogP contribution in [0.5, 0.6) is 0 Å². The summed E-state index contributed by atoms with van der Waals surface area (Å²) in [6, 6.07) is 1.67. The number of nitrogens with zero attached hydrogens (tertiary/aromatic N) is 3. The van der Waals surface area contributed by atoms with E-state index in [0.29, 0.717) is 23.6 Å². The Morgan fingerprint density at radius 1 is 1.55 bits per heavy atom. The van der Waals surface area contributed by atoms with Crippen LogP contribution in [0, 0.1) is 0 Å². The lowest BCUT2D eigenvalue weighted by Crippen LogP contribution is -2.10. The van der Waals surface area contributed by atoms with Gasteiger partial charge < -0.3 is 9.26 Å². The van der Waals surface area contributed by atoms with E-state index < -0.39 is 5.97 Å². The van der Waals surface area contributed by atoms with E-state index in [1.807, 2.05) is 13.8 Å². The molecule has 2 aromatic rings. The number of ether oxygens (including phenoxy) is 1. The zero-order valence-corrected chi connectivity index (χ0v) is 12.3. The molecule has 7 heteroatoms. The second-order valence-corrected chi connectivity index (χ2v) is 4.72. The third-order valence-electron chi connectivity index (χ3n) is 3.02. The maximum Gasteiger partial charge on any atom is 0.342 e. The Morgan fingerprint density at radius 2 is 2.30 bits per heavy atom. The van der Waals surface area contributed by atoms with E-state index in [1.165, 1.54) is 6.20 Å². The Morgan fingerprint density at radius 3 is 2.85 bits per heavy atom. The lowest BCUT2D eigenvalue weighted by molar-refractivity contribution is 0.0527. The third-order valence-corrected chi connectivity index (χ3v) is 3.20. The number of aromatic nitrogens is 3. The van der Waals surface area contributed by atoms with Gasteiger partial charge in [-0.25, -0.2) is 4.79 Å². The van der Waals surface area contributed by atoms with Gasteiger partial charge in [-0.2, -0.15) is 5.10 Å². The summed E-state index contributed by atoms with van der Waals surface area (Å²) in [4.78, 5) is 12.0. The molecule has 2 aromatic heterocycles. The van der Waals surface area contributed by atoms with E-state index in [0.717, 1.165) is 6.42 Å². The number of rotatable bonds is 5. The van der Waals surface area contributed by atoms with Crippen LogP contribution in [0.25, 0.3) is 11.4 Å². The number of hydrogen-bond donors (Lipinski definition) is 0. The number of halogens is 1. The number of hydrogen-bond acceptors (Lipinski definition) is 5. The first-order valence-electron chi connectivity index (χ1n) is 6.45. The average Bonchev–Trinajstić information content (AvgIpc) is 3.03. The maximum absolute atomic E-state index is 12.0. The first kappa shape index (κ1) is 14.6. The zero-order chi connectivity index (χ0) is 14.7. The second kappa shape index (κ2) is 6.09. The minimum Gasteiger partial charge on any atom is -0.462 e. The van der Waals surface area contributed by atoms with E-state index in [2.05, 4.69) is 10.3 Å². The van der Waals surface area contributed by atoms with Gasteiger partial charge >= 0.3 is 5.97 Å². The van der Waals surface area contributed by atoms with Crippen molar-refractivity contribution in [3.05, 3.63) is 23.0 Å². The van der Waals surface area contributed by atoms with Crippen molar-refractivity contribution >= 4 is 17.6 Å². The molecule has 0 spiro atoms. The van der Waals surface area contributed by atoms with Crippen LogP contribution < -0.4 is 0 Å². The van der Waals surface area contributed by atoms with Crippen molar-refractivity contribution in [3.63, 3.8) is 0 Å². The summed E-state index contributed by atoms with van der Waals surface area (Å²) in [5.41, 5.74) is 1.39. The van der Waals surface area contributed by atoms with Gasteiger partial charge in [-0.3, -0.25) is 4.68 Å². The molecule has 108 valence electrons. The van der Waals surface area contributed by atoms with Crippen LogP contribution >= 0.6 is 11.6 Å². The van der Waals surface area contributed by atoms with Crippen LogP contribution in [0.1, 0.15) is 43.6 Å². The molecular formula is C13H16ClN3O3. The summed E-state index contributed by atoms with van der Waals surface area (Å²) >= 11 is 5.76. The highest BCUT2D eigenvalue weighted by molar-refractivity contribution is 6.29. The Balaban J connectivity index is 2.53. The molecule has 0 amide bonds. The molecule has 0 saturated carbocycles. The Labute approximate surface area is 121 Å². The average molecular weight is 298 g/mol. The van der Waals surface area contributed by atoms with Crippen LogP contribution in [-0.4, -0.2) is 27.5 Å². The second-order valence-electron chi connectivity index (χ2n) is 4.35. The predicted octanol–water partition coefficient (Wildman–Crippen LogP) is 3.34. The van der Waals surface area contributed by atoms with E-state index in [1.54, 1.807) is 17.7 Å². The molecule has 0 bridgehead atoms. The largest absolute Gasteiger partial charge is 0.462 e. The highest BCUT2D eigenvalue weighted by Crippen LogP contribution is 2.29. The minimum absolute atomic E-state index is 0.114. The summed E-state index contributed by atoms with van der Waals surface area (Å²) < 4.78 is 11.7. The Kier molecular flexibility index (Phi) is 4.44. The summed E-state index contributed by atoms with van der Waals surface area (Å²) in [6.45, 7) is 6.10. The molecule has 20 heavy (non-hydrogen) atoms. The number of esters is 1. The summed E-state index contributed by atoms with van der Waals surface area (Å²) in [5.74, 6) is -0.434. The highest BCUT2D eigenvalue weighted by atomic mass is 35.5. The number of carbonyl (C=O) groups excluding carboxylic acids is 1. The van der Waals surface area contributed by atoms with Crippen LogP contribution in [0.4, 0.5) is 0 Å². The van der Waals surface area contributed by atoms with Crippen molar-refractivity contribution in [2.75, 3.05) is 6.61 Å². The molecule has 0 N–H and O–H groups in total. The van der Waals surface area contributed by atoms with Gasteiger partial charge in [-0.1, -0.05) is 12.1 Å². The fraction of sp³-hybridized carbons (Fsp3) is 0.462. The molecule has 2 rings (SSSR count). The Bertz CT molecular complexity index is 606. The van der Waals surface area contributed by atoms with Crippen molar-refractivity contribution in [2.24, 2.45) is 0 Å². The molecule has 1 unspecified atom stereocenters. The van der Waals surface area contributed by atoms with Crippen molar-refractivity contribution in [1.29, 1.82) is 0 Å². The van der Waals surface area contributed by atoms with Gasteiger partial charge in [0.2, 0.25) is 5.22 Å². The molecule has 0 aliphatic rings. The summed E-state index contributed by atoms with van der Waals surface area (Å²) in [5, 5.41) is 8.29. The first-order chi connectivity index (χ1) is 9.58. The fourth-order valence-electron chi connectivity index (χ4n) is 1.85. The maximum atomic E-state index is 12.0. The van der Waals surface area contributed by atoms with Crippen molar-refractivity contribution in [1.82, 2.24) is 14.9 Å². The lowest BCUT2D eigenvalue weighted by Gasteiger charge is -2.13. The first-order valence-corrected chi connectivity index (χ1v) is 6.83. The SMILES string of the molecule is CCOC(=O)c1cnn(C(C)CC)c1-c1cc(Cl)on1. The van der Waals surface area contributed by atoms with Crippen molar-refractivity contribution in [2.45, 2.75) is 33.2 Å². The van der Waals surface area contributed by atoms with Crippen LogP contribution in [0.15, 0.2) is 16.8 Å². The fourth-order valence-corrected chi connectivity index (χ4v) is 1.99. The quantitative estimate of drug-likeness (QED) is 0.792. The van der Waals surface area contributed by atoms with E-state index in [9.17, 15) is 4.79 Å². The zero-order valence-electron chi connectivity index (χ0n) is 11.6. The molecule has 0 aliphatic carbocycles. The molecule has 1 atom stereocenters. The highest BCUT2D eigenvalue weighted by Gasteiger charge is 2.24. The van der Waals surface area contributed by atoms with E-state index in [4.69, 9.17) is 20.9 Å². The lowest BCUT2D eigenvalue weighted by atomic mass is 10.1. The van der Waals surface area contributed by atoms with Crippen LogP contribution in [0.3, 0.4) is 0 Å². The summed E-state index contributed by atoms with van der Waals surface area (Å²) in [6.07, 6.45) is 2.35. The molecule has 0 aliphatic heterocycles. The van der Waals surface area contributed by atoms with E-state index in [-0.39, 0.29) is 11.3 Å². The monoisotopic (exact) mass is 297 g/mol. The molecular weight excluding hydrogens is 282 g/mol. The smallest absolute Gasteiger partial charge is 0.342 e. The van der Waals surface area contributed by atoms with Crippen molar-refractivity contribution < 1.29 is 14.1 Å². The molecule has 0 fully saturated rings. The van der Waals surface area contributed by atoms with Crippen molar-refractivity contribution in [3.8, 4) is 11.4 Å². The van der Waals surface area contributed by atoms with Gasteiger partial charge in [0.15, 0.2) is 0 Å². The normalized spacial score (nSPS) is 12.4. The van der Waals surface area contributed by atoms with Gasteiger partial charge in [-0.15, -0.1) is 0 Å². The third kappa shape index (κ3) is 2.70. The molecule has 0 saturated heterocycles. The molecule has 6 nitrogen and oxygen atoms in total. The molecule has 2 heterocycles. The van der Waals surface area contributed by atoms with Gasteiger partial charge in [0.1, 0.15) is 17.0 Å². The van der Waals surface area contributed by atoms with Crippen LogP contribution in [0.2, 0.25) is 5.22 Å².